The molecule has 1 N–H and O–H groups in total. The van der Waals surface area contributed by atoms with Gasteiger partial charge in [0.1, 0.15) is 0 Å². The Morgan fingerprint density at radius 3 is 2.53 bits per heavy atom. The highest BCUT2D eigenvalue weighted by molar-refractivity contribution is 6.31. The molecule has 0 aliphatic heterocycles. The fraction of sp³-hybridized carbons (Fsp3) is 0.417. The maximum atomic E-state index is 10.8. The van der Waals surface area contributed by atoms with Crippen LogP contribution in [0.25, 0.3) is 0 Å². The molecule has 1 aromatic carbocycles. The van der Waals surface area contributed by atoms with Gasteiger partial charge in [0.25, 0.3) is 0 Å². The van der Waals surface area contributed by atoms with Crippen molar-refractivity contribution >= 4 is 17.6 Å². The van der Waals surface area contributed by atoms with Crippen molar-refractivity contribution in [3.63, 3.8) is 0 Å². The van der Waals surface area contributed by atoms with E-state index in [2.05, 4.69) is 0 Å². The molecule has 0 aliphatic carbocycles. The SMILES string of the molecule is Cc1cccc(Cl)c1C(C)(C)CC(=O)O. The summed E-state index contributed by atoms with van der Waals surface area (Å²) in [4.78, 5) is 10.8. The minimum Gasteiger partial charge on any atom is -0.481 e. The third-order valence-corrected chi connectivity index (χ3v) is 2.81. The number of benzene rings is 1. The largest absolute Gasteiger partial charge is 0.481 e. The molecular weight excluding hydrogens is 212 g/mol. The lowest BCUT2D eigenvalue weighted by molar-refractivity contribution is -0.138. The average Bonchev–Trinajstić information content (AvgIpc) is 1.99. The smallest absolute Gasteiger partial charge is 0.304 e. The summed E-state index contributed by atoms with van der Waals surface area (Å²) in [5.74, 6) is -0.806. The van der Waals surface area contributed by atoms with Crippen LogP contribution in [0.4, 0.5) is 0 Å². The Hall–Kier alpha value is -1.02. The lowest BCUT2D eigenvalue weighted by Gasteiger charge is -2.26. The fourth-order valence-electron chi connectivity index (χ4n) is 1.96. The Kier molecular flexibility index (Phi) is 3.40. The van der Waals surface area contributed by atoms with Crippen LogP contribution in [-0.2, 0) is 10.2 Å². The van der Waals surface area contributed by atoms with Gasteiger partial charge in [-0.15, -0.1) is 0 Å². The quantitative estimate of drug-likeness (QED) is 0.858. The summed E-state index contributed by atoms with van der Waals surface area (Å²) in [5, 5.41) is 9.49. The summed E-state index contributed by atoms with van der Waals surface area (Å²) in [5.41, 5.74) is 1.52. The van der Waals surface area contributed by atoms with Gasteiger partial charge in [0.05, 0.1) is 6.42 Å². The van der Waals surface area contributed by atoms with Crippen LogP contribution in [0, 0.1) is 6.92 Å². The highest BCUT2D eigenvalue weighted by Crippen LogP contribution is 2.34. The number of aryl methyl sites for hydroxylation is 1. The van der Waals surface area contributed by atoms with Gasteiger partial charge in [-0.1, -0.05) is 37.6 Å². The highest BCUT2D eigenvalue weighted by Gasteiger charge is 2.27. The molecular formula is C12H15ClO2. The topological polar surface area (TPSA) is 37.3 Å². The van der Waals surface area contributed by atoms with Crippen molar-refractivity contribution in [1.29, 1.82) is 0 Å². The van der Waals surface area contributed by atoms with Crippen LogP contribution in [0.2, 0.25) is 5.02 Å². The van der Waals surface area contributed by atoms with Gasteiger partial charge >= 0.3 is 5.97 Å². The van der Waals surface area contributed by atoms with Gasteiger partial charge in [-0.2, -0.15) is 0 Å². The van der Waals surface area contributed by atoms with E-state index in [1.54, 1.807) is 6.07 Å². The second-order valence-electron chi connectivity index (χ2n) is 4.39. The zero-order valence-corrected chi connectivity index (χ0v) is 9.93. The molecule has 0 unspecified atom stereocenters. The van der Waals surface area contributed by atoms with E-state index in [9.17, 15) is 4.79 Å². The van der Waals surface area contributed by atoms with Gasteiger partial charge in [0.2, 0.25) is 0 Å². The minimum absolute atomic E-state index is 0.0809. The molecule has 2 nitrogen and oxygen atoms in total. The van der Waals surface area contributed by atoms with E-state index in [1.165, 1.54) is 0 Å². The van der Waals surface area contributed by atoms with Crippen LogP contribution in [-0.4, -0.2) is 11.1 Å². The zero-order chi connectivity index (χ0) is 11.6. The summed E-state index contributed by atoms with van der Waals surface area (Å²) in [6, 6.07) is 5.62. The van der Waals surface area contributed by atoms with Crippen molar-refractivity contribution in [3.05, 3.63) is 34.3 Å². The molecule has 82 valence electrons. The first-order chi connectivity index (χ1) is 6.84. The summed E-state index contributed by atoms with van der Waals surface area (Å²) in [7, 11) is 0. The summed E-state index contributed by atoms with van der Waals surface area (Å²) >= 11 is 6.10. The second-order valence-corrected chi connectivity index (χ2v) is 4.79. The number of carboxylic acid groups (broad SMARTS) is 1. The van der Waals surface area contributed by atoms with Crippen molar-refractivity contribution < 1.29 is 9.90 Å². The van der Waals surface area contributed by atoms with Gasteiger partial charge in [-0.25, -0.2) is 0 Å². The molecule has 0 aliphatic rings. The van der Waals surface area contributed by atoms with Crippen LogP contribution in [0.3, 0.4) is 0 Å². The minimum atomic E-state index is -0.806. The predicted octanol–water partition coefficient (Wildman–Crippen LogP) is 3.40. The molecule has 0 aromatic heterocycles. The zero-order valence-electron chi connectivity index (χ0n) is 9.17. The number of hydrogen-bond acceptors (Lipinski definition) is 1. The first-order valence-electron chi connectivity index (χ1n) is 4.82. The van der Waals surface area contributed by atoms with E-state index in [0.29, 0.717) is 5.02 Å². The van der Waals surface area contributed by atoms with Crippen LogP contribution in [0.5, 0.6) is 0 Å². The normalized spacial score (nSPS) is 11.5. The number of hydrogen-bond donors (Lipinski definition) is 1. The van der Waals surface area contributed by atoms with E-state index in [0.717, 1.165) is 11.1 Å². The van der Waals surface area contributed by atoms with Gasteiger partial charge < -0.3 is 5.11 Å². The Labute approximate surface area is 94.9 Å². The first kappa shape index (κ1) is 12.1. The molecule has 15 heavy (non-hydrogen) atoms. The summed E-state index contributed by atoms with van der Waals surface area (Å²) < 4.78 is 0. The molecule has 0 heterocycles. The summed E-state index contributed by atoms with van der Waals surface area (Å²) in [6.07, 6.45) is 0.0809. The monoisotopic (exact) mass is 226 g/mol. The molecule has 0 bridgehead atoms. The van der Waals surface area contributed by atoms with Crippen molar-refractivity contribution in [3.8, 4) is 0 Å². The number of carbonyl (C=O) groups is 1. The number of rotatable bonds is 3. The van der Waals surface area contributed by atoms with Crippen molar-refractivity contribution in [2.45, 2.75) is 32.6 Å². The van der Waals surface area contributed by atoms with Crippen LogP contribution in [0.15, 0.2) is 18.2 Å². The highest BCUT2D eigenvalue weighted by atomic mass is 35.5. The first-order valence-corrected chi connectivity index (χ1v) is 5.20. The molecule has 0 atom stereocenters. The predicted molar refractivity (Wildman–Crippen MR) is 61.5 cm³/mol. The van der Waals surface area contributed by atoms with Crippen LogP contribution in [0.1, 0.15) is 31.4 Å². The molecule has 1 rings (SSSR count). The van der Waals surface area contributed by atoms with Gasteiger partial charge in [0, 0.05) is 10.4 Å². The maximum absolute atomic E-state index is 10.8. The Bertz CT molecular complexity index is 363. The fourth-order valence-corrected chi connectivity index (χ4v) is 2.43. The second kappa shape index (κ2) is 4.23. The number of carboxylic acids is 1. The average molecular weight is 227 g/mol. The molecule has 0 saturated heterocycles. The summed E-state index contributed by atoms with van der Waals surface area (Å²) in [6.45, 7) is 5.75. The molecule has 0 spiro atoms. The maximum Gasteiger partial charge on any atom is 0.304 e. The lowest BCUT2D eigenvalue weighted by Crippen LogP contribution is -2.23. The molecule has 0 saturated carbocycles. The molecule has 3 heteroatoms. The van der Waals surface area contributed by atoms with Gasteiger partial charge in [-0.3, -0.25) is 4.79 Å². The van der Waals surface area contributed by atoms with Crippen molar-refractivity contribution in [2.24, 2.45) is 0 Å². The van der Waals surface area contributed by atoms with Gasteiger partial charge in [-0.05, 0) is 24.1 Å². The lowest BCUT2D eigenvalue weighted by atomic mass is 9.79. The van der Waals surface area contributed by atoms with Crippen molar-refractivity contribution in [2.75, 3.05) is 0 Å². The van der Waals surface area contributed by atoms with E-state index >= 15 is 0 Å². The molecule has 0 radical (unpaired) electrons. The Morgan fingerprint density at radius 2 is 2.07 bits per heavy atom. The van der Waals surface area contributed by atoms with E-state index < -0.39 is 11.4 Å². The Morgan fingerprint density at radius 1 is 1.47 bits per heavy atom. The molecule has 0 amide bonds. The van der Waals surface area contributed by atoms with Crippen LogP contribution < -0.4 is 0 Å². The third kappa shape index (κ3) is 2.72. The molecule has 0 fully saturated rings. The standard InChI is InChI=1S/C12H15ClO2/c1-8-5-4-6-9(13)11(8)12(2,3)7-10(14)15/h4-6H,7H2,1-3H3,(H,14,15). The third-order valence-electron chi connectivity index (χ3n) is 2.49. The van der Waals surface area contributed by atoms with E-state index in [1.807, 2.05) is 32.9 Å². The number of aliphatic carboxylic acids is 1. The number of halogens is 1. The molecule has 1 aromatic rings. The van der Waals surface area contributed by atoms with Crippen LogP contribution >= 0.6 is 11.6 Å². The van der Waals surface area contributed by atoms with E-state index in [4.69, 9.17) is 16.7 Å². The Balaban J connectivity index is 3.19. The van der Waals surface area contributed by atoms with Gasteiger partial charge in [0.15, 0.2) is 0 Å². The van der Waals surface area contributed by atoms with Crippen molar-refractivity contribution in [1.82, 2.24) is 0 Å². The van der Waals surface area contributed by atoms with E-state index in [-0.39, 0.29) is 6.42 Å².